The van der Waals surface area contributed by atoms with Crippen molar-refractivity contribution in [1.82, 2.24) is 5.32 Å². The van der Waals surface area contributed by atoms with E-state index in [0.717, 1.165) is 12.3 Å². The summed E-state index contributed by atoms with van der Waals surface area (Å²) in [5.74, 6) is 1.01. The van der Waals surface area contributed by atoms with E-state index in [1.54, 1.807) is 0 Å². The molecule has 1 aromatic rings. The maximum Gasteiger partial charge on any atom is 0.123 e. The van der Waals surface area contributed by atoms with E-state index in [2.05, 4.69) is 72.0 Å². The van der Waals surface area contributed by atoms with Gasteiger partial charge in [-0.25, -0.2) is 0 Å². The Balaban J connectivity index is 2.68. The number of nitrogens with one attached hydrogen (secondary N) is 1. The van der Waals surface area contributed by atoms with Crippen LogP contribution in [0.15, 0.2) is 18.2 Å². The largest absolute Gasteiger partial charge is 0.492 e. The van der Waals surface area contributed by atoms with E-state index in [9.17, 15) is 0 Å². The SMILES string of the molecule is Cc1ccc(OCCNC(C)(C)C)c(C(C)(C)C)c1. The van der Waals surface area contributed by atoms with E-state index in [1.165, 1.54) is 11.1 Å². The van der Waals surface area contributed by atoms with Crippen LogP contribution in [0.4, 0.5) is 0 Å². The molecule has 0 aliphatic heterocycles. The first-order chi connectivity index (χ1) is 8.59. The average Bonchev–Trinajstić information content (AvgIpc) is 2.23. The quantitative estimate of drug-likeness (QED) is 0.827. The van der Waals surface area contributed by atoms with Gasteiger partial charge in [0.2, 0.25) is 0 Å². The summed E-state index contributed by atoms with van der Waals surface area (Å²) in [4.78, 5) is 0. The molecule has 0 aliphatic carbocycles. The van der Waals surface area contributed by atoms with Crippen LogP contribution in [0.25, 0.3) is 0 Å². The predicted molar refractivity (Wildman–Crippen MR) is 83.1 cm³/mol. The number of rotatable bonds is 4. The van der Waals surface area contributed by atoms with E-state index >= 15 is 0 Å². The van der Waals surface area contributed by atoms with Crippen LogP contribution in [0.1, 0.15) is 52.7 Å². The Hall–Kier alpha value is -1.02. The molecule has 0 fully saturated rings. The van der Waals surface area contributed by atoms with Gasteiger partial charge in [0.25, 0.3) is 0 Å². The highest BCUT2D eigenvalue weighted by molar-refractivity contribution is 5.41. The highest BCUT2D eigenvalue weighted by Crippen LogP contribution is 2.32. The zero-order chi connectivity index (χ0) is 14.7. The fraction of sp³-hybridized carbons (Fsp3) is 0.647. The molecule has 0 radical (unpaired) electrons. The van der Waals surface area contributed by atoms with Gasteiger partial charge in [-0.15, -0.1) is 0 Å². The highest BCUT2D eigenvalue weighted by atomic mass is 16.5. The summed E-state index contributed by atoms with van der Waals surface area (Å²) in [6, 6.07) is 6.43. The van der Waals surface area contributed by atoms with Gasteiger partial charge < -0.3 is 10.1 Å². The van der Waals surface area contributed by atoms with Crippen molar-refractivity contribution in [2.45, 2.75) is 59.4 Å². The van der Waals surface area contributed by atoms with Crippen LogP contribution in [0.5, 0.6) is 5.75 Å². The second-order valence-corrected chi connectivity index (χ2v) is 7.27. The normalized spacial score (nSPS) is 12.6. The molecule has 0 bridgehead atoms. The first-order valence-electron chi connectivity index (χ1n) is 7.08. The smallest absolute Gasteiger partial charge is 0.123 e. The summed E-state index contributed by atoms with van der Waals surface area (Å²) in [7, 11) is 0. The topological polar surface area (TPSA) is 21.3 Å². The van der Waals surface area contributed by atoms with Gasteiger partial charge in [-0.2, -0.15) is 0 Å². The van der Waals surface area contributed by atoms with E-state index < -0.39 is 0 Å². The van der Waals surface area contributed by atoms with E-state index in [0.29, 0.717) is 6.61 Å². The van der Waals surface area contributed by atoms with Crippen molar-refractivity contribution < 1.29 is 4.74 Å². The Morgan fingerprint density at radius 3 is 2.21 bits per heavy atom. The summed E-state index contributed by atoms with van der Waals surface area (Å²) >= 11 is 0. The van der Waals surface area contributed by atoms with Gasteiger partial charge in [0.15, 0.2) is 0 Å². The summed E-state index contributed by atoms with van der Waals surface area (Å²) in [6.07, 6.45) is 0. The van der Waals surface area contributed by atoms with Gasteiger partial charge in [0, 0.05) is 12.1 Å². The van der Waals surface area contributed by atoms with Crippen LogP contribution >= 0.6 is 0 Å². The molecule has 1 rings (SSSR count). The van der Waals surface area contributed by atoms with Crippen molar-refractivity contribution in [2.75, 3.05) is 13.2 Å². The lowest BCUT2D eigenvalue weighted by molar-refractivity contribution is 0.285. The van der Waals surface area contributed by atoms with Crippen molar-refractivity contribution in [3.8, 4) is 5.75 Å². The van der Waals surface area contributed by atoms with Crippen molar-refractivity contribution in [3.05, 3.63) is 29.3 Å². The summed E-state index contributed by atoms with van der Waals surface area (Å²) < 4.78 is 5.95. The Labute approximate surface area is 118 Å². The van der Waals surface area contributed by atoms with E-state index in [1.807, 2.05) is 0 Å². The molecule has 0 amide bonds. The first-order valence-corrected chi connectivity index (χ1v) is 7.08. The summed E-state index contributed by atoms with van der Waals surface area (Å²) in [6.45, 7) is 16.9. The first kappa shape index (κ1) is 16.0. The molecule has 0 saturated carbocycles. The van der Waals surface area contributed by atoms with Gasteiger partial charge in [-0.3, -0.25) is 0 Å². The average molecular weight is 263 g/mol. The lowest BCUT2D eigenvalue weighted by Gasteiger charge is -2.24. The van der Waals surface area contributed by atoms with Gasteiger partial charge in [0.1, 0.15) is 12.4 Å². The maximum atomic E-state index is 5.95. The molecule has 1 N–H and O–H groups in total. The molecule has 2 heteroatoms. The highest BCUT2D eigenvalue weighted by Gasteiger charge is 2.19. The lowest BCUT2D eigenvalue weighted by atomic mass is 9.85. The minimum Gasteiger partial charge on any atom is -0.492 e. The number of ether oxygens (including phenoxy) is 1. The molecule has 1 aromatic carbocycles. The molecule has 0 saturated heterocycles. The Kier molecular flexibility index (Phi) is 5.03. The van der Waals surface area contributed by atoms with Gasteiger partial charge >= 0.3 is 0 Å². The molecule has 2 nitrogen and oxygen atoms in total. The molecule has 19 heavy (non-hydrogen) atoms. The second-order valence-electron chi connectivity index (χ2n) is 7.27. The zero-order valence-electron chi connectivity index (χ0n) is 13.6. The second kappa shape index (κ2) is 5.96. The molecule has 0 unspecified atom stereocenters. The minimum atomic E-state index is 0.110. The number of hydrogen-bond donors (Lipinski definition) is 1. The third-order valence-corrected chi connectivity index (χ3v) is 2.96. The van der Waals surface area contributed by atoms with Gasteiger partial charge in [-0.1, -0.05) is 38.5 Å². The van der Waals surface area contributed by atoms with Crippen molar-refractivity contribution in [2.24, 2.45) is 0 Å². The number of benzene rings is 1. The van der Waals surface area contributed by atoms with E-state index in [-0.39, 0.29) is 11.0 Å². The lowest BCUT2D eigenvalue weighted by Crippen LogP contribution is -2.38. The number of hydrogen-bond acceptors (Lipinski definition) is 2. The van der Waals surface area contributed by atoms with E-state index in [4.69, 9.17) is 4.74 Å². The molecular weight excluding hydrogens is 234 g/mol. The molecule has 0 spiro atoms. The van der Waals surface area contributed by atoms with Gasteiger partial charge in [-0.05, 0) is 44.7 Å². The third kappa shape index (κ3) is 5.65. The molecular formula is C17H29NO. The Morgan fingerprint density at radius 1 is 1.05 bits per heavy atom. The fourth-order valence-electron chi connectivity index (χ4n) is 1.94. The number of aryl methyl sites for hydroxylation is 1. The third-order valence-electron chi connectivity index (χ3n) is 2.96. The molecule has 0 aromatic heterocycles. The van der Waals surface area contributed by atoms with Crippen LogP contribution in [-0.4, -0.2) is 18.7 Å². The molecule has 0 heterocycles. The Bertz CT molecular complexity index is 410. The molecule has 108 valence electrons. The maximum absolute atomic E-state index is 5.95. The van der Waals surface area contributed by atoms with Crippen LogP contribution in [0.2, 0.25) is 0 Å². The van der Waals surface area contributed by atoms with Crippen LogP contribution in [0.3, 0.4) is 0 Å². The Morgan fingerprint density at radius 2 is 1.68 bits per heavy atom. The minimum absolute atomic E-state index is 0.110. The van der Waals surface area contributed by atoms with Crippen LogP contribution < -0.4 is 10.1 Å². The zero-order valence-corrected chi connectivity index (χ0v) is 13.6. The summed E-state index contributed by atoms with van der Waals surface area (Å²) in [5.41, 5.74) is 2.82. The van der Waals surface area contributed by atoms with Crippen molar-refractivity contribution in [3.63, 3.8) is 0 Å². The standard InChI is InChI=1S/C17H29NO/c1-13-8-9-15(14(12-13)16(2,3)4)19-11-10-18-17(5,6)7/h8-9,12,18H,10-11H2,1-7H3. The van der Waals surface area contributed by atoms with Gasteiger partial charge in [0.05, 0.1) is 0 Å². The molecule has 0 aliphatic rings. The predicted octanol–water partition coefficient (Wildman–Crippen LogP) is 4.06. The molecule has 0 atom stereocenters. The van der Waals surface area contributed by atoms with Crippen LogP contribution in [0, 0.1) is 6.92 Å². The summed E-state index contributed by atoms with van der Waals surface area (Å²) in [5, 5.41) is 3.44. The monoisotopic (exact) mass is 263 g/mol. The fourth-order valence-corrected chi connectivity index (χ4v) is 1.94. The van der Waals surface area contributed by atoms with Crippen LogP contribution in [-0.2, 0) is 5.41 Å². The van der Waals surface area contributed by atoms with Crippen molar-refractivity contribution >= 4 is 0 Å². The van der Waals surface area contributed by atoms with Crippen molar-refractivity contribution in [1.29, 1.82) is 0 Å².